The van der Waals surface area contributed by atoms with Crippen LogP contribution in [0.3, 0.4) is 0 Å². The Labute approximate surface area is 183 Å². The second kappa shape index (κ2) is 11.7. The molecule has 2 rings (SSSR count). The minimum absolute atomic E-state index is 0.00546. The molecule has 1 heterocycles. The highest BCUT2D eigenvalue weighted by atomic mass is 32.2. The molecular formula is C21H28N2O7S. The number of hydrogen-bond acceptors (Lipinski definition) is 7. The van der Waals surface area contributed by atoms with Crippen molar-refractivity contribution in [2.75, 3.05) is 40.0 Å². The molecule has 0 bridgehead atoms. The number of amides is 1. The van der Waals surface area contributed by atoms with Crippen molar-refractivity contribution < 1.29 is 32.5 Å². The van der Waals surface area contributed by atoms with Crippen LogP contribution in [0.4, 0.5) is 0 Å². The van der Waals surface area contributed by atoms with E-state index in [0.29, 0.717) is 12.2 Å². The molecule has 0 unspecified atom stereocenters. The molecule has 31 heavy (non-hydrogen) atoms. The molecule has 2 N–H and O–H groups in total. The van der Waals surface area contributed by atoms with Gasteiger partial charge >= 0.3 is 0 Å². The molecule has 1 aromatic rings. The summed E-state index contributed by atoms with van der Waals surface area (Å²) in [6.07, 6.45) is 6.64. The third-order valence-corrected chi connectivity index (χ3v) is 6.44. The Kier molecular flexibility index (Phi) is 9.33. The van der Waals surface area contributed by atoms with Crippen LogP contribution < -0.4 is 10.1 Å². The number of methoxy groups -OCH3 is 1. The Bertz CT molecular complexity index is 907. The SMILES string of the molecule is C#CCNC(=O)C1=C[C@@H](C)C[C@@H](OCCN(CCO)S(=O)(=O)c2ccc(OC)cc2)O1. The summed E-state index contributed by atoms with van der Waals surface area (Å²) in [6.45, 7) is 1.60. The van der Waals surface area contributed by atoms with Gasteiger partial charge in [0.15, 0.2) is 5.76 Å². The lowest BCUT2D eigenvalue weighted by Gasteiger charge is -2.28. The van der Waals surface area contributed by atoms with Gasteiger partial charge in [0.05, 0.1) is 31.8 Å². The van der Waals surface area contributed by atoms with E-state index < -0.39 is 22.2 Å². The molecule has 1 aromatic carbocycles. The third kappa shape index (κ3) is 6.97. The predicted molar refractivity (Wildman–Crippen MR) is 113 cm³/mol. The molecule has 1 aliphatic rings. The Morgan fingerprint density at radius 1 is 1.35 bits per heavy atom. The third-order valence-electron chi connectivity index (χ3n) is 4.52. The molecule has 2 atom stereocenters. The minimum atomic E-state index is -3.83. The quantitative estimate of drug-likeness (QED) is 0.475. The Balaban J connectivity index is 1.98. The molecular weight excluding hydrogens is 424 g/mol. The van der Waals surface area contributed by atoms with Gasteiger partial charge in [0, 0.05) is 19.5 Å². The molecule has 10 heteroatoms. The second-order valence-corrected chi connectivity index (χ2v) is 8.79. The van der Waals surface area contributed by atoms with Crippen LogP contribution in [-0.4, -0.2) is 70.0 Å². The fourth-order valence-corrected chi connectivity index (χ4v) is 4.37. The number of carbonyl (C=O) groups excluding carboxylic acids is 1. The van der Waals surface area contributed by atoms with Gasteiger partial charge in [0.1, 0.15) is 5.75 Å². The molecule has 170 valence electrons. The Morgan fingerprint density at radius 2 is 2.06 bits per heavy atom. The van der Waals surface area contributed by atoms with Gasteiger partial charge in [0.2, 0.25) is 16.3 Å². The number of hydrogen-bond donors (Lipinski definition) is 2. The summed E-state index contributed by atoms with van der Waals surface area (Å²) < 4.78 is 43.3. The molecule has 0 fully saturated rings. The topological polar surface area (TPSA) is 114 Å². The number of nitrogens with zero attached hydrogens (tertiary/aromatic N) is 1. The van der Waals surface area contributed by atoms with Crippen molar-refractivity contribution in [3.8, 4) is 18.1 Å². The number of allylic oxidation sites excluding steroid dienone is 1. The number of aliphatic hydroxyl groups excluding tert-OH is 1. The van der Waals surface area contributed by atoms with Crippen LogP contribution in [0.1, 0.15) is 13.3 Å². The smallest absolute Gasteiger partial charge is 0.286 e. The molecule has 1 amide bonds. The maximum absolute atomic E-state index is 12.9. The maximum atomic E-state index is 12.9. The molecule has 0 spiro atoms. The van der Waals surface area contributed by atoms with Crippen LogP contribution in [0.15, 0.2) is 41.0 Å². The van der Waals surface area contributed by atoms with Gasteiger partial charge in [-0.2, -0.15) is 4.31 Å². The highest BCUT2D eigenvalue weighted by molar-refractivity contribution is 7.89. The number of benzene rings is 1. The van der Waals surface area contributed by atoms with Crippen LogP contribution in [0.5, 0.6) is 5.75 Å². The zero-order chi connectivity index (χ0) is 22.9. The lowest BCUT2D eigenvalue weighted by Crippen LogP contribution is -2.38. The first-order valence-electron chi connectivity index (χ1n) is 9.78. The van der Waals surface area contributed by atoms with Crippen LogP contribution in [0.2, 0.25) is 0 Å². The van der Waals surface area contributed by atoms with E-state index in [1.807, 2.05) is 6.92 Å². The first-order valence-corrected chi connectivity index (χ1v) is 11.2. The van der Waals surface area contributed by atoms with E-state index >= 15 is 0 Å². The minimum Gasteiger partial charge on any atom is -0.497 e. The number of rotatable bonds is 11. The van der Waals surface area contributed by atoms with Gasteiger partial charge < -0.3 is 24.6 Å². The highest BCUT2D eigenvalue weighted by Gasteiger charge is 2.27. The van der Waals surface area contributed by atoms with E-state index in [1.54, 1.807) is 18.2 Å². The summed E-state index contributed by atoms with van der Waals surface area (Å²) in [7, 11) is -2.34. The fourth-order valence-electron chi connectivity index (χ4n) is 2.96. The zero-order valence-corrected chi connectivity index (χ0v) is 18.4. The summed E-state index contributed by atoms with van der Waals surface area (Å²) in [4.78, 5) is 12.2. The van der Waals surface area contributed by atoms with Crippen molar-refractivity contribution in [2.24, 2.45) is 5.92 Å². The second-order valence-electron chi connectivity index (χ2n) is 6.85. The van der Waals surface area contributed by atoms with E-state index in [-0.39, 0.29) is 49.4 Å². The number of aliphatic hydroxyl groups is 1. The van der Waals surface area contributed by atoms with Gasteiger partial charge in [-0.3, -0.25) is 4.79 Å². The summed E-state index contributed by atoms with van der Waals surface area (Å²) in [5, 5.41) is 11.9. The van der Waals surface area contributed by atoms with Crippen molar-refractivity contribution in [3.05, 3.63) is 36.1 Å². The number of nitrogens with one attached hydrogen (secondary N) is 1. The fraction of sp³-hybridized carbons (Fsp3) is 0.476. The predicted octanol–water partition coefficient (Wildman–Crippen LogP) is 0.711. The summed E-state index contributed by atoms with van der Waals surface area (Å²) in [6, 6.07) is 5.99. The van der Waals surface area contributed by atoms with Crippen molar-refractivity contribution in [1.29, 1.82) is 0 Å². The Morgan fingerprint density at radius 3 is 2.68 bits per heavy atom. The van der Waals surface area contributed by atoms with E-state index in [2.05, 4.69) is 11.2 Å². The van der Waals surface area contributed by atoms with E-state index in [0.717, 1.165) is 4.31 Å². The average molecular weight is 453 g/mol. The highest BCUT2D eigenvalue weighted by Crippen LogP contribution is 2.23. The van der Waals surface area contributed by atoms with Gasteiger partial charge in [-0.15, -0.1) is 6.42 Å². The van der Waals surface area contributed by atoms with Gasteiger partial charge in [-0.25, -0.2) is 8.42 Å². The van der Waals surface area contributed by atoms with Crippen LogP contribution >= 0.6 is 0 Å². The number of ether oxygens (including phenoxy) is 3. The lowest BCUT2D eigenvalue weighted by molar-refractivity contribution is -0.148. The van der Waals surface area contributed by atoms with Gasteiger partial charge in [-0.1, -0.05) is 12.8 Å². The summed E-state index contributed by atoms with van der Waals surface area (Å²) in [5.74, 6) is 2.58. The van der Waals surface area contributed by atoms with Crippen LogP contribution in [0, 0.1) is 18.3 Å². The number of carbonyl (C=O) groups is 1. The van der Waals surface area contributed by atoms with E-state index in [4.69, 9.17) is 20.6 Å². The Hall–Kier alpha value is -2.58. The molecule has 0 radical (unpaired) electrons. The largest absolute Gasteiger partial charge is 0.497 e. The van der Waals surface area contributed by atoms with Crippen molar-refractivity contribution in [1.82, 2.24) is 9.62 Å². The maximum Gasteiger partial charge on any atom is 0.286 e. The molecule has 0 aliphatic carbocycles. The molecule has 0 aromatic heterocycles. The monoisotopic (exact) mass is 452 g/mol. The van der Waals surface area contributed by atoms with Crippen LogP contribution in [-0.2, 0) is 24.3 Å². The summed E-state index contributed by atoms with van der Waals surface area (Å²) >= 11 is 0. The van der Waals surface area contributed by atoms with Gasteiger partial charge in [-0.05, 0) is 36.3 Å². The molecule has 9 nitrogen and oxygen atoms in total. The lowest BCUT2D eigenvalue weighted by atomic mass is 10.0. The first-order chi connectivity index (χ1) is 14.8. The molecule has 1 aliphatic heterocycles. The number of terminal acetylenes is 1. The van der Waals surface area contributed by atoms with Crippen LogP contribution in [0.25, 0.3) is 0 Å². The molecule has 0 saturated carbocycles. The molecule has 0 saturated heterocycles. The van der Waals surface area contributed by atoms with Gasteiger partial charge in [0.25, 0.3) is 5.91 Å². The van der Waals surface area contributed by atoms with E-state index in [1.165, 1.54) is 19.2 Å². The average Bonchev–Trinajstić information content (AvgIpc) is 2.76. The van der Waals surface area contributed by atoms with Crippen molar-refractivity contribution in [3.63, 3.8) is 0 Å². The summed E-state index contributed by atoms with van der Waals surface area (Å²) in [5.41, 5.74) is 0. The van der Waals surface area contributed by atoms with Crippen molar-refractivity contribution >= 4 is 15.9 Å². The standard InChI is InChI=1S/C21H28N2O7S/c1-4-9-22-21(25)19-14-16(2)15-20(30-19)29-13-11-23(10-12-24)31(26,27)18-7-5-17(28-3)6-8-18/h1,5-8,14,16,20,24H,9-13,15H2,2-3H3,(H,22,25)/t16-,20+/m1/s1. The normalized spacial score (nSPS) is 18.6. The number of sulfonamides is 1. The van der Waals surface area contributed by atoms with E-state index in [9.17, 15) is 18.3 Å². The van der Waals surface area contributed by atoms with Crippen molar-refractivity contribution in [2.45, 2.75) is 24.5 Å². The zero-order valence-electron chi connectivity index (χ0n) is 17.6. The first kappa shape index (κ1) is 24.7.